The van der Waals surface area contributed by atoms with Crippen LogP contribution in [-0.4, -0.2) is 30.5 Å². The molecular formula is C13H21NO3. The Morgan fingerprint density at radius 3 is 2.59 bits per heavy atom. The number of ether oxygens (including phenoxy) is 1. The van der Waals surface area contributed by atoms with Crippen LogP contribution >= 0.6 is 0 Å². The van der Waals surface area contributed by atoms with E-state index >= 15 is 0 Å². The van der Waals surface area contributed by atoms with Crippen LogP contribution in [0.4, 0.5) is 0 Å². The first kappa shape index (κ1) is 14.1. The molecule has 17 heavy (non-hydrogen) atoms. The number of rotatable bonds is 8. The Balaban J connectivity index is 2.06. The summed E-state index contributed by atoms with van der Waals surface area (Å²) in [5, 5.41) is 9.57. The summed E-state index contributed by atoms with van der Waals surface area (Å²) in [7, 11) is 0. The number of hydrogen-bond donors (Lipinski definition) is 2. The summed E-state index contributed by atoms with van der Waals surface area (Å²) in [5.74, 6) is 0. The highest BCUT2D eigenvalue weighted by molar-refractivity contribution is 5.13. The van der Waals surface area contributed by atoms with Crippen LogP contribution in [0.5, 0.6) is 0 Å². The summed E-state index contributed by atoms with van der Waals surface area (Å²) in [6.45, 7) is 5.02. The van der Waals surface area contributed by atoms with E-state index in [1.54, 1.807) is 0 Å². The van der Waals surface area contributed by atoms with Gasteiger partial charge in [-0.05, 0) is 19.4 Å². The molecule has 0 fully saturated rings. The fourth-order valence-electron chi connectivity index (χ4n) is 1.26. The quantitative estimate of drug-likeness (QED) is 0.675. The maximum absolute atomic E-state index is 9.57. The van der Waals surface area contributed by atoms with Crippen LogP contribution in [0.3, 0.4) is 0 Å². The second kappa shape index (κ2) is 8.20. The molecule has 0 heterocycles. The van der Waals surface area contributed by atoms with Gasteiger partial charge >= 0.3 is 0 Å². The molecule has 4 heteroatoms. The third kappa shape index (κ3) is 7.07. The van der Waals surface area contributed by atoms with Crippen molar-refractivity contribution in [3.8, 4) is 0 Å². The first-order valence-electron chi connectivity index (χ1n) is 5.86. The smallest absolute Gasteiger partial charge is 0.0921 e. The normalized spacial score (nSPS) is 12.9. The molecule has 4 nitrogen and oxygen atoms in total. The molecule has 1 aromatic carbocycles. The minimum Gasteiger partial charge on any atom is -0.389 e. The van der Waals surface area contributed by atoms with Crippen LogP contribution in [-0.2, 0) is 16.2 Å². The second-order valence-electron chi connectivity index (χ2n) is 4.17. The lowest BCUT2D eigenvalue weighted by molar-refractivity contribution is -0.0414. The third-order valence-corrected chi connectivity index (χ3v) is 2.06. The Bertz CT molecular complexity index is 290. The molecule has 96 valence electrons. The Hall–Kier alpha value is -0.940. The lowest BCUT2D eigenvalue weighted by Gasteiger charge is -2.13. The van der Waals surface area contributed by atoms with Gasteiger partial charge in [-0.1, -0.05) is 30.3 Å². The van der Waals surface area contributed by atoms with Crippen molar-refractivity contribution in [1.29, 1.82) is 0 Å². The molecule has 1 aromatic rings. The van der Waals surface area contributed by atoms with Crippen molar-refractivity contribution in [2.45, 2.75) is 32.7 Å². The maximum Gasteiger partial charge on any atom is 0.0921 e. The van der Waals surface area contributed by atoms with Crippen molar-refractivity contribution >= 4 is 0 Å². The van der Waals surface area contributed by atoms with Gasteiger partial charge in [-0.25, -0.2) is 0 Å². The summed E-state index contributed by atoms with van der Waals surface area (Å²) in [6.07, 6.45) is -0.454. The van der Waals surface area contributed by atoms with Gasteiger partial charge in [-0.3, -0.25) is 4.84 Å². The highest BCUT2D eigenvalue weighted by Crippen LogP contribution is 2.00. The van der Waals surface area contributed by atoms with Crippen molar-refractivity contribution in [2.24, 2.45) is 0 Å². The van der Waals surface area contributed by atoms with Gasteiger partial charge in [0.2, 0.25) is 0 Å². The zero-order valence-corrected chi connectivity index (χ0v) is 10.4. The summed E-state index contributed by atoms with van der Waals surface area (Å²) < 4.78 is 5.39. The average molecular weight is 239 g/mol. The lowest BCUT2D eigenvalue weighted by Crippen LogP contribution is -2.32. The van der Waals surface area contributed by atoms with Crippen LogP contribution in [0.2, 0.25) is 0 Å². The van der Waals surface area contributed by atoms with E-state index in [-0.39, 0.29) is 6.10 Å². The lowest BCUT2D eigenvalue weighted by atomic mass is 10.2. The van der Waals surface area contributed by atoms with E-state index in [0.717, 1.165) is 5.56 Å². The molecule has 0 aromatic heterocycles. The molecule has 1 unspecified atom stereocenters. The highest BCUT2D eigenvalue weighted by Gasteiger charge is 2.04. The fourth-order valence-corrected chi connectivity index (χ4v) is 1.26. The number of nitrogens with one attached hydrogen (secondary N) is 1. The predicted octanol–water partition coefficient (Wildman–Crippen LogP) is 1.49. The molecule has 0 saturated carbocycles. The fraction of sp³-hybridized carbons (Fsp3) is 0.538. The second-order valence-corrected chi connectivity index (χ2v) is 4.17. The molecule has 0 saturated heterocycles. The molecule has 1 rings (SSSR count). The van der Waals surface area contributed by atoms with Gasteiger partial charge in [0.1, 0.15) is 0 Å². The molecular weight excluding hydrogens is 218 g/mol. The molecule has 0 radical (unpaired) electrons. The SMILES string of the molecule is CC(C)ONCC(O)COCc1ccccc1. The molecule has 2 N–H and O–H groups in total. The van der Waals surface area contributed by atoms with E-state index in [0.29, 0.717) is 19.8 Å². The molecule has 1 atom stereocenters. The Morgan fingerprint density at radius 2 is 1.94 bits per heavy atom. The highest BCUT2D eigenvalue weighted by atomic mass is 16.7. The Kier molecular flexibility index (Phi) is 6.81. The molecule has 0 amide bonds. The largest absolute Gasteiger partial charge is 0.389 e. The summed E-state index contributed by atoms with van der Waals surface area (Å²) >= 11 is 0. The van der Waals surface area contributed by atoms with E-state index in [2.05, 4.69) is 5.48 Å². The number of hydroxylamine groups is 1. The number of aliphatic hydroxyl groups excluding tert-OH is 1. The number of aliphatic hydroxyl groups is 1. The van der Waals surface area contributed by atoms with Crippen molar-refractivity contribution in [1.82, 2.24) is 5.48 Å². The summed E-state index contributed by atoms with van der Waals surface area (Å²) in [6, 6.07) is 9.88. The monoisotopic (exact) mass is 239 g/mol. The Labute approximate surface area is 103 Å². The first-order chi connectivity index (χ1) is 8.18. The van der Waals surface area contributed by atoms with Crippen LogP contribution in [0, 0.1) is 0 Å². The standard InChI is InChI=1S/C13H21NO3/c1-11(2)17-14-8-13(15)10-16-9-12-6-4-3-5-7-12/h3-7,11,13-15H,8-10H2,1-2H3. The van der Waals surface area contributed by atoms with Gasteiger partial charge in [0.25, 0.3) is 0 Å². The van der Waals surface area contributed by atoms with Crippen molar-refractivity contribution < 1.29 is 14.7 Å². The number of benzene rings is 1. The minimum absolute atomic E-state index is 0.104. The molecule has 0 aliphatic carbocycles. The maximum atomic E-state index is 9.57. The molecule has 0 aliphatic heterocycles. The van der Waals surface area contributed by atoms with Crippen molar-refractivity contribution in [3.05, 3.63) is 35.9 Å². The van der Waals surface area contributed by atoms with Crippen LogP contribution in [0.1, 0.15) is 19.4 Å². The van der Waals surface area contributed by atoms with E-state index < -0.39 is 6.10 Å². The van der Waals surface area contributed by atoms with Crippen LogP contribution in [0.15, 0.2) is 30.3 Å². The van der Waals surface area contributed by atoms with Gasteiger partial charge in [0, 0.05) is 6.54 Å². The van der Waals surface area contributed by atoms with Crippen LogP contribution < -0.4 is 5.48 Å². The average Bonchev–Trinajstić information content (AvgIpc) is 2.30. The molecule has 0 spiro atoms. The van der Waals surface area contributed by atoms with E-state index in [1.165, 1.54) is 0 Å². The van der Waals surface area contributed by atoms with E-state index in [9.17, 15) is 5.11 Å². The Morgan fingerprint density at radius 1 is 1.24 bits per heavy atom. The van der Waals surface area contributed by atoms with Crippen molar-refractivity contribution in [3.63, 3.8) is 0 Å². The summed E-state index contributed by atoms with van der Waals surface area (Å²) in [5.41, 5.74) is 3.81. The molecule has 0 bridgehead atoms. The zero-order valence-electron chi connectivity index (χ0n) is 10.4. The third-order valence-electron chi connectivity index (χ3n) is 2.06. The summed E-state index contributed by atoms with van der Waals surface area (Å²) in [4.78, 5) is 5.11. The minimum atomic E-state index is -0.558. The van der Waals surface area contributed by atoms with Gasteiger partial charge in [-0.2, -0.15) is 5.48 Å². The van der Waals surface area contributed by atoms with Gasteiger partial charge < -0.3 is 9.84 Å². The first-order valence-corrected chi connectivity index (χ1v) is 5.86. The van der Waals surface area contributed by atoms with Gasteiger partial charge in [-0.15, -0.1) is 0 Å². The van der Waals surface area contributed by atoms with E-state index in [4.69, 9.17) is 9.57 Å². The van der Waals surface area contributed by atoms with Gasteiger partial charge in [0.05, 0.1) is 25.4 Å². The number of hydrogen-bond acceptors (Lipinski definition) is 4. The topological polar surface area (TPSA) is 50.7 Å². The van der Waals surface area contributed by atoms with Gasteiger partial charge in [0.15, 0.2) is 0 Å². The van der Waals surface area contributed by atoms with E-state index in [1.807, 2.05) is 44.2 Å². The van der Waals surface area contributed by atoms with Crippen LogP contribution in [0.25, 0.3) is 0 Å². The zero-order chi connectivity index (χ0) is 12.5. The van der Waals surface area contributed by atoms with Crippen molar-refractivity contribution in [2.75, 3.05) is 13.2 Å². The predicted molar refractivity (Wildman–Crippen MR) is 66.3 cm³/mol. The molecule has 0 aliphatic rings.